The first-order valence-corrected chi connectivity index (χ1v) is 6.40. The summed E-state index contributed by atoms with van der Waals surface area (Å²) in [4.78, 5) is 0. The summed E-state index contributed by atoms with van der Waals surface area (Å²) >= 11 is 6.86. The van der Waals surface area contributed by atoms with E-state index < -0.39 is 0 Å². The third-order valence-corrected chi connectivity index (χ3v) is 3.43. The zero-order valence-electron chi connectivity index (χ0n) is 8.79. The van der Waals surface area contributed by atoms with Gasteiger partial charge in [-0.3, -0.25) is 9.67 Å². The molecular formula is C11H9N3OS2. The zero-order valence-corrected chi connectivity index (χ0v) is 10.4. The maximum Gasteiger partial charge on any atom is 0.195 e. The van der Waals surface area contributed by atoms with Crippen molar-refractivity contribution in [3.63, 3.8) is 0 Å². The van der Waals surface area contributed by atoms with Gasteiger partial charge >= 0.3 is 0 Å². The second-order valence-electron chi connectivity index (χ2n) is 3.53. The molecule has 4 nitrogen and oxygen atoms in total. The van der Waals surface area contributed by atoms with Gasteiger partial charge in [0.2, 0.25) is 0 Å². The molecule has 0 saturated carbocycles. The maximum absolute atomic E-state index is 5.33. The standard InChI is InChI=1S/C11H9N3OS2/c16-11-13-12-10(8-3-5-17-7-8)14(11)6-9-2-1-4-15-9/h1-5,7H,6H2,(H,13,16). The Labute approximate surface area is 107 Å². The molecule has 0 spiro atoms. The van der Waals surface area contributed by atoms with Crippen molar-refractivity contribution in [2.45, 2.75) is 6.54 Å². The fourth-order valence-corrected chi connectivity index (χ4v) is 2.47. The van der Waals surface area contributed by atoms with Crippen molar-refractivity contribution in [3.05, 3.63) is 45.8 Å². The molecule has 6 heteroatoms. The fraction of sp³-hybridized carbons (Fsp3) is 0.0909. The number of aromatic amines is 1. The fourth-order valence-electron chi connectivity index (χ4n) is 1.63. The van der Waals surface area contributed by atoms with E-state index in [0.29, 0.717) is 11.3 Å². The van der Waals surface area contributed by atoms with Crippen LogP contribution in [0.1, 0.15) is 5.76 Å². The zero-order chi connectivity index (χ0) is 11.7. The van der Waals surface area contributed by atoms with Gasteiger partial charge in [-0.2, -0.15) is 16.4 Å². The summed E-state index contributed by atoms with van der Waals surface area (Å²) < 4.78 is 7.85. The summed E-state index contributed by atoms with van der Waals surface area (Å²) in [6.07, 6.45) is 1.66. The first-order valence-electron chi connectivity index (χ1n) is 5.05. The Morgan fingerprint density at radius 3 is 3.12 bits per heavy atom. The molecule has 3 rings (SSSR count). The van der Waals surface area contributed by atoms with E-state index in [1.807, 2.05) is 33.5 Å². The second kappa shape index (κ2) is 4.31. The number of hydrogen-bond donors (Lipinski definition) is 1. The lowest BCUT2D eigenvalue weighted by atomic mass is 10.3. The molecule has 0 saturated heterocycles. The Balaban J connectivity index is 2.04. The highest BCUT2D eigenvalue weighted by atomic mass is 32.1. The third kappa shape index (κ3) is 1.96. The quantitative estimate of drug-likeness (QED) is 0.737. The molecule has 3 aromatic heterocycles. The Morgan fingerprint density at radius 2 is 2.41 bits per heavy atom. The molecular weight excluding hydrogens is 254 g/mol. The lowest BCUT2D eigenvalue weighted by Gasteiger charge is -2.02. The summed E-state index contributed by atoms with van der Waals surface area (Å²) in [6, 6.07) is 5.81. The lowest BCUT2D eigenvalue weighted by Crippen LogP contribution is -2.01. The molecule has 0 aromatic carbocycles. The summed E-state index contributed by atoms with van der Waals surface area (Å²) in [5, 5.41) is 11.1. The van der Waals surface area contributed by atoms with Crippen LogP contribution in [0.5, 0.6) is 0 Å². The number of nitrogens with zero attached hydrogens (tertiary/aromatic N) is 2. The lowest BCUT2D eigenvalue weighted by molar-refractivity contribution is 0.493. The van der Waals surface area contributed by atoms with Gasteiger partial charge in [0.1, 0.15) is 5.76 Å². The van der Waals surface area contributed by atoms with Gasteiger partial charge in [-0.1, -0.05) is 0 Å². The van der Waals surface area contributed by atoms with Crippen molar-refractivity contribution >= 4 is 23.6 Å². The van der Waals surface area contributed by atoms with Crippen LogP contribution in [-0.2, 0) is 6.54 Å². The van der Waals surface area contributed by atoms with E-state index in [0.717, 1.165) is 17.1 Å². The minimum absolute atomic E-state index is 0.591. The predicted octanol–water partition coefficient (Wildman–Crippen LogP) is 3.31. The van der Waals surface area contributed by atoms with Crippen molar-refractivity contribution in [1.82, 2.24) is 14.8 Å². The van der Waals surface area contributed by atoms with E-state index in [4.69, 9.17) is 16.6 Å². The van der Waals surface area contributed by atoms with Crippen molar-refractivity contribution < 1.29 is 4.42 Å². The summed E-state index contributed by atoms with van der Waals surface area (Å²) in [5.41, 5.74) is 1.06. The summed E-state index contributed by atoms with van der Waals surface area (Å²) in [7, 11) is 0. The maximum atomic E-state index is 5.33. The SMILES string of the molecule is S=c1[nH]nc(-c2ccsc2)n1Cc1ccco1. The average Bonchev–Trinajstić information content (AvgIpc) is 3.03. The molecule has 0 aliphatic carbocycles. The van der Waals surface area contributed by atoms with E-state index in [9.17, 15) is 0 Å². The van der Waals surface area contributed by atoms with Crippen molar-refractivity contribution in [1.29, 1.82) is 0 Å². The van der Waals surface area contributed by atoms with Gasteiger partial charge in [0.15, 0.2) is 10.6 Å². The molecule has 0 unspecified atom stereocenters. The molecule has 0 amide bonds. The highest BCUT2D eigenvalue weighted by Gasteiger charge is 2.10. The van der Waals surface area contributed by atoms with Crippen molar-refractivity contribution in [2.75, 3.05) is 0 Å². The number of furan rings is 1. The number of rotatable bonds is 3. The van der Waals surface area contributed by atoms with Gasteiger partial charge in [0.05, 0.1) is 12.8 Å². The molecule has 0 bridgehead atoms. The topological polar surface area (TPSA) is 46.8 Å². The molecule has 86 valence electrons. The normalized spacial score (nSPS) is 10.8. The van der Waals surface area contributed by atoms with Crippen LogP contribution < -0.4 is 0 Å². The first-order chi connectivity index (χ1) is 8.34. The minimum Gasteiger partial charge on any atom is -0.467 e. The first kappa shape index (κ1) is 10.5. The van der Waals surface area contributed by atoms with E-state index in [-0.39, 0.29) is 0 Å². The van der Waals surface area contributed by atoms with Gasteiger partial charge in [-0.05, 0) is 35.8 Å². The van der Waals surface area contributed by atoms with Gasteiger partial charge in [0, 0.05) is 10.9 Å². The predicted molar refractivity (Wildman–Crippen MR) is 68.5 cm³/mol. The summed E-state index contributed by atoms with van der Waals surface area (Å²) in [6.45, 7) is 0.591. The number of nitrogens with one attached hydrogen (secondary N) is 1. The Morgan fingerprint density at radius 1 is 1.47 bits per heavy atom. The third-order valence-electron chi connectivity index (χ3n) is 2.43. The van der Waals surface area contributed by atoms with Crippen LogP contribution in [0, 0.1) is 4.77 Å². The monoisotopic (exact) mass is 263 g/mol. The Kier molecular flexibility index (Phi) is 2.66. The molecule has 3 aromatic rings. The van der Waals surface area contributed by atoms with Crippen LogP contribution in [0.4, 0.5) is 0 Å². The minimum atomic E-state index is 0.591. The van der Waals surface area contributed by atoms with Gasteiger partial charge < -0.3 is 4.42 Å². The van der Waals surface area contributed by atoms with Crippen molar-refractivity contribution in [2.24, 2.45) is 0 Å². The van der Waals surface area contributed by atoms with Crippen LogP contribution in [0.2, 0.25) is 0 Å². The highest BCUT2D eigenvalue weighted by molar-refractivity contribution is 7.71. The second-order valence-corrected chi connectivity index (χ2v) is 4.70. The van der Waals surface area contributed by atoms with E-state index in [2.05, 4.69) is 10.2 Å². The highest BCUT2D eigenvalue weighted by Crippen LogP contribution is 2.21. The number of thiophene rings is 1. The number of hydrogen-bond acceptors (Lipinski definition) is 4. The van der Waals surface area contributed by atoms with Gasteiger partial charge in [0.25, 0.3) is 0 Å². The van der Waals surface area contributed by atoms with Crippen LogP contribution in [0.15, 0.2) is 39.6 Å². The van der Waals surface area contributed by atoms with Gasteiger partial charge in [-0.25, -0.2) is 0 Å². The molecule has 3 heterocycles. The molecule has 0 fully saturated rings. The van der Waals surface area contributed by atoms with E-state index in [1.54, 1.807) is 17.6 Å². The van der Waals surface area contributed by atoms with Crippen LogP contribution in [-0.4, -0.2) is 14.8 Å². The van der Waals surface area contributed by atoms with Crippen molar-refractivity contribution in [3.8, 4) is 11.4 Å². The number of aromatic nitrogens is 3. The molecule has 0 radical (unpaired) electrons. The largest absolute Gasteiger partial charge is 0.467 e. The Hall–Kier alpha value is -1.66. The number of H-pyrrole nitrogens is 1. The van der Waals surface area contributed by atoms with Crippen LogP contribution in [0.25, 0.3) is 11.4 Å². The van der Waals surface area contributed by atoms with Crippen LogP contribution in [0.3, 0.4) is 0 Å². The smallest absolute Gasteiger partial charge is 0.195 e. The molecule has 17 heavy (non-hydrogen) atoms. The molecule has 0 aliphatic heterocycles. The molecule has 1 N–H and O–H groups in total. The van der Waals surface area contributed by atoms with Crippen LogP contribution >= 0.6 is 23.6 Å². The van der Waals surface area contributed by atoms with Gasteiger partial charge in [-0.15, -0.1) is 0 Å². The van der Waals surface area contributed by atoms with E-state index >= 15 is 0 Å². The van der Waals surface area contributed by atoms with E-state index in [1.165, 1.54) is 0 Å². The average molecular weight is 263 g/mol. The summed E-state index contributed by atoms with van der Waals surface area (Å²) in [5.74, 6) is 1.70. The molecule has 0 aliphatic rings. The molecule has 0 atom stereocenters. The Bertz CT molecular complexity index is 649.